The fourth-order valence-electron chi connectivity index (χ4n) is 2.92. The Morgan fingerprint density at radius 3 is 1.71 bits per heavy atom. The normalized spacial score (nSPS) is 10.7. The number of hydrogen-bond acceptors (Lipinski definition) is 4. The molecule has 0 amide bonds. The van der Waals surface area contributed by atoms with Crippen LogP contribution in [0.3, 0.4) is 0 Å². The fourth-order valence-corrected chi connectivity index (χ4v) is 4.28. The van der Waals surface area contributed by atoms with Gasteiger partial charge in [0.2, 0.25) is 0 Å². The van der Waals surface area contributed by atoms with Crippen LogP contribution in [0.4, 0.5) is 0 Å². The molecule has 0 spiro atoms. The summed E-state index contributed by atoms with van der Waals surface area (Å²) in [6, 6.07) is 24.4. The van der Waals surface area contributed by atoms with Gasteiger partial charge in [-0.25, -0.2) is 4.98 Å². The number of aromatic nitrogens is 1. The van der Waals surface area contributed by atoms with Crippen molar-refractivity contribution in [3.63, 3.8) is 0 Å². The summed E-state index contributed by atoms with van der Waals surface area (Å²) in [5.74, 6) is 1.67. The summed E-state index contributed by atoms with van der Waals surface area (Å²) in [4.78, 5) is 6.12. The number of methoxy groups -OCH3 is 2. The van der Waals surface area contributed by atoms with Gasteiger partial charge in [0.15, 0.2) is 0 Å². The lowest BCUT2D eigenvalue weighted by atomic mass is 10.1. The highest BCUT2D eigenvalue weighted by Gasteiger charge is 2.16. The van der Waals surface area contributed by atoms with Crippen molar-refractivity contribution in [2.75, 3.05) is 14.2 Å². The van der Waals surface area contributed by atoms with Crippen molar-refractivity contribution in [2.24, 2.45) is 0 Å². The quantitative estimate of drug-likeness (QED) is 0.329. The molecular formula is C23H18BrNO2S. The second kappa shape index (κ2) is 8.17. The molecule has 0 saturated heterocycles. The molecule has 1 heterocycles. The number of nitrogens with zero attached hydrogens (tertiary/aromatic N) is 1. The third-order valence-corrected chi connectivity index (χ3v) is 6.12. The van der Waals surface area contributed by atoms with Crippen LogP contribution in [0, 0.1) is 0 Å². The molecular weight excluding hydrogens is 434 g/mol. The van der Waals surface area contributed by atoms with Crippen LogP contribution in [0.15, 0.2) is 77.3 Å². The molecule has 0 aliphatic rings. The molecule has 0 bridgehead atoms. The predicted octanol–water partition coefficient (Wildman–Crippen LogP) is 6.92. The average Bonchev–Trinajstić information content (AvgIpc) is 3.20. The Bertz CT molecular complexity index is 1010. The summed E-state index contributed by atoms with van der Waals surface area (Å²) in [6.07, 6.45) is 0. The largest absolute Gasteiger partial charge is 0.497 e. The molecule has 0 aliphatic heterocycles. The first-order chi connectivity index (χ1) is 13.7. The van der Waals surface area contributed by atoms with Gasteiger partial charge < -0.3 is 9.47 Å². The topological polar surface area (TPSA) is 31.4 Å². The van der Waals surface area contributed by atoms with Crippen LogP contribution in [0.2, 0.25) is 0 Å². The SMILES string of the molecule is COc1ccc(-c2nc(-c3ccc(Br)cc3)sc2-c2ccc(OC)cc2)cc1. The molecule has 140 valence electrons. The van der Waals surface area contributed by atoms with Gasteiger partial charge in [-0.2, -0.15) is 0 Å². The zero-order valence-electron chi connectivity index (χ0n) is 15.5. The van der Waals surface area contributed by atoms with Gasteiger partial charge in [-0.15, -0.1) is 11.3 Å². The fraction of sp³-hybridized carbons (Fsp3) is 0.0870. The van der Waals surface area contributed by atoms with E-state index in [-0.39, 0.29) is 0 Å². The van der Waals surface area contributed by atoms with Gasteiger partial charge in [-0.1, -0.05) is 28.1 Å². The molecule has 3 nitrogen and oxygen atoms in total. The first-order valence-corrected chi connectivity index (χ1v) is 10.3. The monoisotopic (exact) mass is 451 g/mol. The van der Waals surface area contributed by atoms with Crippen molar-refractivity contribution >= 4 is 27.3 Å². The molecule has 1 aromatic heterocycles. The van der Waals surface area contributed by atoms with E-state index in [2.05, 4.69) is 40.2 Å². The Labute approximate surface area is 176 Å². The number of halogens is 1. The van der Waals surface area contributed by atoms with E-state index in [1.807, 2.05) is 48.5 Å². The highest BCUT2D eigenvalue weighted by molar-refractivity contribution is 9.10. The first kappa shape index (κ1) is 18.7. The van der Waals surface area contributed by atoms with E-state index in [1.165, 1.54) is 0 Å². The molecule has 0 fully saturated rings. The molecule has 0 atom stereocenters. The van der Waals surface area contributed by atoms with Gasteiger partial charge in [-0.05, 0) is 66.2 Å². The van der Waals surface area contributed by atoms with Gasteiger partial charge in [0.05, 0.1) is 24.8 Å². The molecule has 0 radical (unpaired) electrons. The molecule has 5 heteroatoms. The molecule has 0 unspecified atom stereocenters. The van der Waals surface area contributed by atoms with E-state index < -0.39 is 0 Å². The average molecular weight is 452 g/mol. The van der Waals surface area contributed by atoms with E-state index in [9.17, 15) is 0 Å². The van der Waals surface area contributed by atoms with Crippen molar-refractivity contribution in [3.8, 4) is 43.8 Å². The first-order valence-electron chi connectivity index (χ1n) is 8.73. The second-order valence-corrected chi connectivity index (χ2v) is 8.08. The molecule has 0 saturated carbocycles. The van der Waals surface area contributed by atoms with Crippen molar-refractivity contribution in [3.05, 3.63) is 77.3 Å². The Hall–Kier alpha value is -2.63. The Balaban J connectivity index is 1.84. The Kier molecular flexibility index (Phi) is 5.46. The summed E-state index contributed by atoms with van der Waals surface area (Å²) in [5, 5.41) is 0.990. The molecule has 0 aliphatic carbocycles. The van der Waals surface area contributed by atoms with E-state index in [0.717, 1.165) is 48.2 Å². The predicted molar refractivity (Wildman–Crippen MR) is 119 cm³/mol. The highest BCUT2D eigenvalue weighted by Crippen LogP contribution is 2.41. The van der Waals surface area contributed by atoms with Crippen LogP contribution in [0.1, 0.15) is 0 Å². The number of rotatable bonds is 5. The van der Waals surface area contributed by atoms with Crippen molar-refractivity contribution in [1.82, 2.24) is 4.98 Å². The summed E-state index contributed by atoms with van der Waals surface area (Å²) in [5.41, 5.74) is 4.25. The van der Waals surface area contributed by atoms with Crippen molar-refractivity contribution in [2.45, 2.75) is 0 Å². The number of benzene rings is 3. The summed E-state index contributed by atoms with van der Waals surface area (Å²) < 4.78 is 11.6. The third kappa shape index (κ3) is 3.81. The third-order valence-electron chi connectivity index (χ3n) is 4.43. The van der Waals surface area contributed by atoms with Crippen LogP contribution < -0.4 is 9.47 Å². The van der Waals surface area contributed by atoms with Crippen molar-refractivity contribution < 1.29 is 9.47 Å². The summed E-state index contributed by atoms with van der Waals surface area (Å²) in [7, 11) is 3.35. The Morgan fingerprint density at radius 2 is 1.18 bits per heavy atom. The van der Waals surface area contributed by atoms with E-state index in [0.29, 0.717) is 0 Å². The summed E-state index contributed by atoms with van der Waals surface area (Å²) >= 11 is 5.19. The van der Waals surface area contributed by atoms with Gasteiger partial charge >= 0.3 is 0 Å². The van der Waals surface area contributed by atoms with Crippen LogP contribution in [0.25, 0.3) is 32.3 Å². The molecule has 3 aromatic carbocycles. The van der Waals surface area contributed by atoms with E-state index in [1.54, 1.807) is 25.6 Å². The van der Waals surface area contributed by atoms with Gasteiger partial charge in [0.1, 0.15) is 16.5 Å². The van der Waals surface area contributed by atoms with Crippen molar-refractivity contribution in [1.29, 1.82) is 0 Å². The van der Waals surface area contributed by atoms with Gasteiger partial charge in [-0.3, -0.25) is 0 Å². The van der Waals surface area contributed by atoms with Crippen LogP contribution >= 0.6 is 27.3 Å². The lowest BCUT2D eigenvalue weighted by Gasteiger charge is -2.05. The minimum absolute atomic E-state index is 0.832. The van der Waals surface area contributed by atoms with Gasteiger partial charge in [0, 0.05) is 15.6 Å². The number of ether oxygens (including phenoxy) is 2. The minimum Gasteiger partial charge on any atom is -0.497 e. The number of hydrogen-bond donors (Lipinski definition) is 0. The second-order valence-electron chi connectivity index (χ2n) is 6.16. The van der Waals surface area contributed by atoms with Crippen LogP contribution in [-0.2, 0) is 0 Å². The van der Waals surface area contributed by atoms with E-state index in [4.69, 9.17) is 14.5 Å². The molecule has 4 rings (SSSR count). The summed E-state index contributed by atoms with van der Waals surface area (Å²) in [6.45, 7) is 0. The molecule has 0 N–H and O–H groups in total. The van der Waals surface area contributed by atoms with Crippen LogP contribution in [-0.4, -0.2) is 19.2 Å². The lowest BCUT2D eigenvalue weighted by Crippen LogP contribution is -1.86. The molecule has 28 heavy (non-hydrogen) atoms. The minimum atomic E-state index is 0.832. The maximum atomic E-state index is 5.30. The maximum absolute atomic E-state index is 5.30. The van der Waals surface area contributed by atoms with Gasteiger partial charge in [0.25, 0.3) is 0 Å². The Morgan fingerprint density at radius 1 is 0.679 bits per heavy atom. The standard InChI is InChI=1S/C23H18BrNO2S/c1-26-19-11-5-15(6-12-19)21-22(16-7-13-20(27-2)14-8-16)28-23(25-21)17-3-9-18(24)10-4-17/h3-14H,1-2H3. The smallest absolute Gasteiger partial charge is 0.124 e. The van der Waals surface area contributed by atoms with E-state index >= 15 is 0 Å². The zero-order chi connectivity index (χ0) is 19.5. The zero-order valence-corrected chi connectivity index (χ0v) is 17.9. The highest BCUT2D eigenvalue weighted by atomic mass is 79.9. The maximum Gasteiger partial charge on any atom is 0.124 e. The molecule has 4 aromatic rings. The lowest BCUT2D eigenvalue weighted by molar-refractivity contribution is 0.414. The number of thiazole rings is 1. The van der Waals surface area contributed by atoms with Crippen LogP contribution in [0.5, 0.6) is 11.5 Å².